The number of hydrogen-bond acceptors (Lipinski definition) is 3. The van der Waals surface area contributed by atoms with Crippen LogP contribution in [0.5, 0.6) is 0 Å². The van der Waals surface area contributed by atoms with E-state index < -0.39 is 41.7 Å². The molecule has 0 aliphatic heterocycles. The molecule has 2 aliphatic rings. The van der Waals surface area contributed by atoms with Gasteiger partial charge in [0.1, 0.15) is 0 Å². The second kappa shape index (κ2) is 5.68. The summed E-state index contributed by atoms with van der Waals surface area (Å²) in [6.07, 6.45) is -10.6. The fraction of sp³-hybridized carbons (Fsp3) is 0.786. The highest BCUT2D eigenvalue weighted by molar-refractivity contribution is 5.81. The summed E-state index contributed by atoms with van der Waals surface area (Å²) in [4.78, 5) is 11.0. The standard InChI is InChI=1S/C14H16F6O3/c1-2-11(21)23-6-8-3-7-4-9(8)10(5-7)12(22,13(15,16)17)14(18,19)20/h2,7-10,22H,1,3-6H2. The Balaban J connectivity index is 2.22. The van der Waals surface area contributed by atoms with Crippen LogP contribution in [-0.4, -0.2) is 35.6 Å². The lowest BCUT2D eigenvalue weighted by Gasteiger charge is -2.42. The molecule has 23 heavy (non-hydrogen) atoms. The molecule has 0 heterocycles. The van der Waals surface area contributed by atoms with Crippen LogP contribution in [0.25, 0.3) is 0 Å². The first-order chi connectivity index (χ1) is 10.4. The van der Waals surface area contributed by atoms with Crippen LogP contribution in [-0.2, 0) is 9.53 Å². The van der Waals surface area contributed by atoms with Crippen LogP contribution in [0.2, 0.25) is 0 Å². The molecule has 2 aliphatic carbocycles. The molecule has 2 rings (SSSR count). The lowest BCUT2D eigenvalue weighted by molar-refractivity contribution is -0.390. The average Bonchev–Trinajstić information content (AvgIpc) is 3.01. The van der Waals surface area contributed by atoms with Crippen molar-refractivity contribution < 1.29 is 41.0 Å². The van der Waals surface area contributed by atoms with Gasteiger partial charge in [0.15, 0.2) is 0 Å². The number of fused-ring (bicyclic) bond motifs is 2. The molecule has 1 N–H and O–H groups in total. The third-order valence-electron chi connectivity index (χ3n) is 4.96. The molecule has 2 fully saturated rings. The van der Waals surface area contributed by atoms with Crippen LogP contribution >= 0.6 is 0 Å². The Morgan fingerprint density at radius 3 is 2.13 bits per heavy atom. The lowest BCUT2D eigenvalue weighted by Crippen LogP contribution is -2.63. The fourth-order valence-electron chi connectivity index (χ4n) is 4.00. The molecule has 9 heteroatoms. The maximum atomic E-state index is 13.0. The number of esters is 1. The number of carbonyl (C=O) groups excluding carboxylic acids is 1. The number of alkyl halides is 6. The van der Waals surface area contributed by atoms with Gasteiger partial charge in [-0.25, -0.2) is 4.79 Å². The molecule has 3 nitrogen and oxygen atoms in total. The summed E-state index contributed by atoms with van der Waals surface area (Å²) in [6, 6.07) is 0. The topological polar surface area (TPSA) is 46.5 Å². The maximum absolute atomic E-state index is 13.0. The largest absolute Gasteiger partial charge is 0.462 e. The Morgan fingerprint density at radius 1 is 1.13 bits per heavy atom. The summed E-state index contributed by atoms with van der Waals surface area (Å²) in [5.74, 6) is -4.72. The summed E-state index contributed by atoms with van der Waals surface area (Å²) in [6.45, 7) is 2.89. The van der Waals surface area contributed by atoms with E-state index in [2.05, 4.69) is 6.58 Å². The predicted molar refractivity (Wildman–Crippen MR) is 66.0 cm³/mol. The smallest absolute Gasteiger partial charge is 0.426 e. The van der Waals surface area contributed by atoms with Crippen molar-refractivity contribution in [3.63, 3.8) is 0 Å². The fourth-order valence-corrected chi connectivity index (χ4v) is 4.00. The number of carbonyl (C=O) groups is 1. The molecular weight excluding hydrogens is 330 g/mol. The molecule has 0 amide bonds. The number of ether oxygens (including phenoxy) is 1. The van der Waals surface area contributed by atoms with Crippen molar-refractivity contribution in [2.24, 2.45) is 23.7 Å². The molecule has 0 saturated heterocycles. The van der Waals surface area contributed by atoms with E-state index in [1.165, 1.54) is 0 Å². The van der Waals surface area contributed by atoms with Crippen molar-refractivity contribution in [1.82, 2.24) is 0 Å². The van der Waals surface area contributed by atoms with Gasteiger partial charge in [0.2, 0.25) is 0 Å². The SMILES string of the molecule is C=CC(=O)OCC1CC2CC1C(C(O)(C(F)(F)F)C(F)(F)F)C2. The third-order valence-corrected chi connectivity index (χ3v) is 4.96. The Labute approximate surface area is 128 Å². The number of aliphatic hydroxyl groups is 1. The number of rotatable bonds is 4. The molecule has 132 valence electrons. The van der Waals surface area contributed by atoms with Gasteiger partial charge >= 0.3 is 18.3 Å². The average molecular weight is 346 g/mol. The Kier molecular flexibility index (Phi) is 4.47. The van der Waals surface area contributed by atoms with Crippen LogP contribution in [0.15, 0.2) is 12.7 Å². The Morgan fingerprint density at radius 2 is 1.70 bits per heavy atom. The maximum Gasteiger partial charge on any atom is 0.426 e. The highest BCUT2D eigenvalue weighted by atomic mass is 19.4. The lowest BCUT2D eigenvalue weighted by atomic mass is 9.71. The van der Waals surface area contributed by atoms with E-state index in [0.717, 1.165) is 6.08 Å². The van der Waals surface area contributed by atoms with E-state index in [-0.39, 0.29) is 25.4 Å². The number of halogens is 6. The summed E-state index contributed by atoms with van der Waals surface area (Å²) in [7, 11) is 0. The van der Waals surface area contributed by atoms with E-state index in [1.54, 1.807) is 0 Å². The summed E-state index contributed by atoms with van der Waals surface area (Å²) in [5.41, 5.74) is -4.74. The van der Waals surface area contributed by atoms with Gasteiger partial charge in [-0.2, -0.15) is 26.3 Å². The molecule has 0 radical (unpaired) electrons. The van der Waals surface area contributed by atoms with Gasteiger partial charge in [-0.05, 0) is 37.0 Å². The minimum atomic E-state index is -5.82. The zero-order valence-corrected chi connectivity index (χ0v) is 12.0. The summed E-state index contributed by atoms with van der Waals surface area (Å²) >= 11 is 0. The van der Waals surface area contributed by atoms with Crippen LogP contribution in [0.4, 0.5) is 26.3 Å². The molecule has 0 aromatic carbocycles. The molecule has 0 spiro atoms. The van der Waals surface area contributed by atoms with Crippen molar-refractivity contribution >= 4 is 5.97 Å². The molecule has 0 aromatic rings. The van der Waals surface area contributed by atoms with Gasteiger partial charge in [-0.1, -0.05) is 6.58 Å². The van der Waals surface area contributed by atoms with E-state index in [4.69, 9.17) is 4.74 Å². The van der Waals surface area contributed by atoms with Crippen molar-refractivity contribution in [2.75, 3.05) is 6.61 Å². The first-order valence-corrected chi connectivity index (χ1v) is 7.06. The van der Waals surface area contributed by atoms with Gasteiger partial charge in [0.25, 0.3) is 5.60 Å². The highest BCUT2D eigenvalue weighted by Gasteiger charge is 2.76. The third kappa shape index (κ3) is 2.95. The molecule has 4 unspecified atom stereocenters. The number of hydrogen-bond donors (Lipinski definition) is 1. The normalized spacial score (nSPS) is 31.3. The molecule has 4 atom stereocenters. The second-order valence-corrected chi connectivity index (χ2v) is 6.20. The molecule has 2 saturated carbocycles. The van der Waals surface area contributed by atoms with E-state index >= 15 is 0 Å². The van der Waals surface area contributed by atoms with Crippen LogP contribution in [0.3, 0.4) is 0 Å². The van der Waals surface area contributed by atoms with E-state index in [0.29, 0.717) is 6.42 Å². The zero-order valence-electron chi connectivity index (χ0n) is 12.0. The van der Waals surface area contributed by atoms with Crippen molar-refractivity contribution in [3.05, 3.63) is 12.7 Å². The van der Waals surface area contributed by atoms with Crippen LogP contribution in [0.1, 0.15) is 19.3 Å². The van der Waals surface area contributed by atoms with Gasteiger partial charge < -0.3 is 9.84 Å². The molecule has 0 aromatic heterocycles. The Bertz CT molecular complexity index is 470. The first kappa shape index (κ1) is 18.1. The predicted octanol–water partition coefficient (Wildman–Crippen LogP) is 3.23. The van der Waals surface area contributed by atoms with Gasteiger partial charge in [0, 0.05) is 12.0 Å². The molecular formula is C14H16F6O3. The van der Waals surface area contributed by atoms with Gasteiger partial charge in [0.05, 0.1) is 6.61 Å². The van der Waals surface area contributed by atoms with Crippen LogP contribution < -0.4 is 0 Å². The van der Waals surface area contributed by atoms with Crippen LogP contribution in [0, 0.1) is 23.7 Å². The minimum absolute atomic E-state index is 0.162. The van der Waals surface area contributed by atoms with Gasteiger partial charge in [-0.3, -0.25) is 0 Å². The van der Waals surface area contributed by atoms with Crippen molar-refractivity contribution in [1.29, 1.82) is 0 Å². The van der Waals surface area contributed by atoms with Crippen molar-refractivity contribution in [3.8, 4) is 0 Å². The second-order valence-electron chi connectivity index (χ2n) is 6.20. The summed E-state index contributed by atoms with van der Waals surface area (Å²) < 4.78 is 82.8. The minimum Gasteiger partial charge on any atom is -0.462 e. The Hall–Kier alpha value is -1.25. The quantitative estimate of drug-likeness (QED) is 0.483. The van der Waals surface area contributed by atoms with Gasteiger partial charge in [-0.15, -0.1) is 0 Å². The van der Waals surface area contributed by atoms with E-state index in [9.17, 15) is 36.2 Å². The van der Waals surface area contributed by atoms with Crippen molar-refractivity contribution in [2.45, 2.75) is 37.2 Å². The molecule has 2 bridgehead atoms. The summed E-state index contributed by atoms with van der Waals surface area (Å²) in [5, 5.41) is 9.57. The zero-order chi connectivity index (χ0) is 17.6. The monoisotopic (exact) mass is 346 g/mol. The highest BCUT2D eigenvalue weighted by Crippen LogP contribution is 2.61. The first-order valence-electron chi connectivity index (χ1n) is 7.06. The van der Waals surface area contributed by atoms with E-state index in [1.807, 2.05) is 0 Å².